The van der Waals surface area contributed by atoms with Crippen LogP contribution in [-0.4, -0.2) is 23.9 Å². The third kappa shape index (κ3) is 6.43. The summed E-state index contributed by atoms with van der Waals surface area (Å²) >= 11 is 0. The second-order valence-corrected chi connectivity index (χ2v) is 7.88. The van der Waals surface area contributed by atoms with E-state index in [1.54, 1.807) is 23.5 Å². The van der Waals surface area contributed by atoms with Gasteiger partial charge in [0, 0.05) is 6.42 Å². The number of carbonyl (C=O) groups excluding carboxylic acids is 1. The number of rotatable bonds is 6. The number of phenols is 1. The molecule has 3 aromatic rings. The zero-order valence-corrected chi connectivity index (χ0v) is 18.1. The SMILES string of the molecule is O=C(NCC(F)(F)F)N[C@@](Cc1ccccc1)(c1cc(F)cc(C(F)(F)F)c1)c1ccc(F)c(O)c1. The normalized spacial score (nSPS) is 13.7. The van der Waals surface area contributed by atoms with Crippen molar-refractivity contribution < 1.29 is 45.0 Å². The number of hydrogen-bond donors (Lipinski definition) is 3. The molecule has 0 aliphatic heterocycles. The Balaban J connectivity index is 2.28. The van der Waals surface area contributed by atoms with Gasteiger partial charge >= 0.3 is 18.4 Å². The van der Waals surface area contributed by atoms with Crippen LogP contribution in [0.3, 0.4) is 0 Å². The number of nitrogens with one attached hydrogen (secondary N) is 2. The largest absolute Gasteiger partial charge is 0.505 e. The van der Waals surface area contributed by atoms with Crippen LogP contribution in [0, 0.1) is 11.6 Å². The first-order valence-electron chi connectivity index (χ1n) is 10.2. The highest BCUT2D eigenvalue weighted by Gasteiger charge is 2.41. The number of carbonyl (C=O) groups is 1. The van der Waals surface area contributed by atoms with Gasteiger partial charge in [-0.25, -0.2) is 13.6 Å². The molecule has 3 aromatic carbocycles. The van der Waals surface area contributed by atoms with Gasteiger partial charge in [-0.1, -0.05) is 36.4 Å². The number of halogens is 8. The highest BCUT2D eigenvalue weighted by Crippen LogP contribution is 2.39. The number of phenolic OH excluding ortho intramolecular Hbond substituents is 1. The van der Waals surface area contributed by atoms with Crippen LogP contribution in [-0.2, 0) is 18.1 Å². The molecule has 0 aliphatic rings. The molecule has 0 radical (unpaired) electrons. The van der Waals surface area contributed by atoms with Crippen LogP contribution in [0.1, 0.15) is 22.3 Å². The molecule has 0 fully saturated rings. The van der Waals surface area contributed by atoms with Gasteiger partial charge < -0.3 is 15.7 Å². The van der Waals surface area contributed by atoms with E-state index in [2.05, 4.69) is 5.32 Å². The molecule has 0 spiro atoms. The summed E-state index contributed by atoms with van der Waals surface area (Å²) in [5.41, 5.74) is -3.96. The molecular formula is C24H18F8N2O2. The Morgan fingerprint density at radius 2 is 1.44 bits per heavy atom. The van der Waals surface area contributed by atoms with E-state index in [4.69, 9.17) is 0 Å². The summed E-state index contributed by atoms with van der Waals surface area (Å²) in [6.45, 7) is -1.77. The van der Waals surface area contributed by atoms with Crippen LogP contribution in [0.25, 0.3) is 0 Å². The van der Waals surface area contributed by atoms with E-state index in [9.17, 15) is 45.0 Å². The van der Waals surface area contributed by atoms with Crippen LogP contribution < -0.4 is 10.6 Å². The van der Waals surface area contributed by atoms with Crippen molar-refractivity contribution in [2.24, 2.45) is 0 Å². The molecule has 0 saturated heterocycles. The molecule has 0 aromatic heterocycles. The molecule has 0 aliphatic carbocycles. The number of alkyl halides is 6. The minimum Gasteiger partial charge on any atom is -0.505 e. The van der Waals surface area contributed by atoms with Crippen molar-refractivity contribution in [2.75, 3.05) is 6.54 Å². The van der Waals surface area contributed by atoms with Crippen LogP contribution in [0.15, 0.2) is 66.7 Å². The highest BCUT2D eigenvalue weighted by molar-refractivity contribution is 5.76. The third-order valence-electron chi connectivity index (χ3n) is 5.25. The van der Waals surface area contributed by atoms with Gasteiger partial charge in [0.1, 0.15) is 12.4 Å². The van der Waals surface area contributed by atoms with Crippen molar-refractivity contribution in [1.29, 1.82) is 0 Å². The predicted molar refractivity (Wildman–Crippen MR) is 113 cm³/mol. The standard InChI is InChI=1S/C24H18F8N2O2/c25-18-9-16(8-17(10-18)24(30,31)32)22(12-14-4-2-1-3-5-14,15-6-7-19(26)20(35)11-15)34-21(36)33-13-23(27,28)29/h1-11,35H,12-13H2,(H2,33,34,36)/t22-/m1/s1. The number of amides is 2. The molecule has 36 heavy (non-hydrogen) atoms. The second kappa shape index (κ2) is 10.0. The molecule has 3 rings (SSSR count). The van der Waals surface area contributed by atoms with Gasteiger partial charge in [-0.3, -0.25) is 0 Å². The topological polar surface area (TPSA) is 61.4 Å². The Morgan fingerprint density at radius 3 is 2.03 bits per heavy atom. The number of urea groups is 1. The minimum absolute atomic E-state index is 0.211. The molecule has 0 saturated carbocycles. The smallest absolute Gasteiger partial charge is 0.416 e. The third-order valence-corrected chi connectivity index (χ3v) is 5.25. The zero-order chi connectivity index (χ0) is 26.7. The Labute approximate surface area is 199 Å². The lowest BCUT2D eigenvalue weighted by molar-refractivity contribution is -0.137. The first-order chi connectivity index (χ1) is 16.7. The highest BCUT2D eigenvalue weighted by atomic mass is 19.4. The van der Waals surface area contributed by atoms with Gasteiger partial charge in [-0.2, -0.15) is 26.3 Å². The Hall–Kier alpha value is -3.83. The van der Waals surface area contributed by atoms with Crippen molar-refractivity contribution in [2.45, 2.75) is 24.3 Å². The van der Waals surface area contributed by atoms with E-state index in [0.29, 0.717) is 17.7 Å². The predicted octanol–water partition coefficient (Wildman–Crippen LogP) is 6.04. The van der Waals surface area contributed by atoms with Gasteiger partial charge in [0.05, 0.1) is 11.1 Å². The van der Waals surface area contributed by atoms with Crippen molar-refractivity contribution in [1.82, 2.24) is 10.6 Å². The lowest BCUT2D eigenvalue weighted by Gasteiger charge is -2.37. The van der Waals surface area contributed by atoms with Gasteiger partial charge in [-0.15, -0.1) is 0 Å². The molecule has 0 unspecified atom stereocenters. The van der Waals surface area contributed by atoms with Gasteiger partial charge in [0.25, 0.3) is 0 Å². The fourth-order valence-electron chi connectivity index (χ4n) is 3.66. The fraction of sp³-hybridized carbons (Fsp3) is 0.208. The summed E-state index contributed by atoms with van der Waals surface area (Å²) in [7, 11) is 0. The molecular weight excluding hydrogens is 500 g/mol. The molecule has 1 atom stereocenters. The molecule has 4 nitrogen and oxygen atoms in total. The van der Waals surface area contributed by atoms with Crippen LogP contribution in [0.4, 0.5) is 39.9 Å². The Bertz CT molecular complexity index is 1230. The minimum atomic E-state index is -5.02. The molecule has 0 bridgehead atoms. The fourth-order valence-corrected chi connectivity index (χ4v) is 3.66. The summed E-state index contributed by atoms with van der Waals surface area (Å²) in [5.74, 6) is -3.40. The molecule has 2 amide bonds. The molecule has 192 valence electrons. The first kappa shape index (κ1) is 26.8. The van der Waals surface area contributed by atoms with E-state index < -0.39 is 65.4 Å². The first-order valence-corrected chi connectivity index (χ1v) is 10.2. The average molecular weight is 518 g/mol. The summed E-state index contributed by atoms with van der Waals surface area (Å²) < 4.78 is 107. The Kier molecular flexibility index (Phi) is 7.46. The van der Waals surface area contributed by atoms with E-state index in [1.807, 2.05) is 0 Å². The number of aromatic hydroxyl groups is 1. The van der Waals surface area contributed by atoms with Crippen LogP contribution in [0.2, 0.25) is 0 Å². The molecule has 3 N–H and O–H groups in total. The van der Waals surface area contributed by atoms with Crippen molar-refractivity contribution >= 4 is 6.03 Å². The maximum Gasteiger partial charge on any atom is 0.416 e. The van der Waals surface area contributed by atoms with Crippen molar-refractivity contribution in [3.8, 4) is 5.75 Å². The Morgan fingerprint density at radius 1 is 0.806 bits per heavy atom. The van der Waals surface area contributed by atoms with Crippen LogP contribution in [0.5, 0.6) is 5.75 Å². The number of hydrogen-bond acceptors (Lipinski definition) is 2. The summed E-state index contributed by atoms with van der Waals surface area (Å²) in [4.78, 5) is 12.6. The van der Waals surface area contributed by atoms with Crippen molar-refractivity contribution in [3.05, 3.63) is 101 Å². The zero-order valence-electron chi connectivity index (χ0n) is 18.1. The van der Waals surface area contributed by atoms with Gasteiger partial charge in [0.2, 0.25) is 0 Å². The van der Waals surface area contributed by atoms with Crippen molar-refractivity contribution in [3.63, 3.8) is 0 Å². The average Bonchev–Trinajstić information content (AvgIpc) is 2.78. The monoisotopic (exact) mass is 518 g/mol. The lowest BCUT2D eigenvalue weighted by Crippen LogP contribution is -2.53. The van der Waals surface area contributed by atoms with E-state index in [-0.39, 0.29) is 11.6 Å². The van der Waals surface area contributed by atoms with E-state index in [1.165, 1.54) is 12.1 Å². The summed E-state index contributed by atoms with van der Waals surface area (Å²) in [6.07, 6.45) is -10.2. The van der Waals surface area contributed by atoms with Crippen LogP contribution >= 0.6 is 0 Å². The maximum atomic E-state index is 14.4. The molecule has 0 heterocycles. The van der Waals surface area contributed by atoms with E-state index >= 15 is 0 Å². The molecule has 12 heteroatoms. The maximum absolute atomic E-state index is 14.4. The van der Waals surface area contributed by atoms with Gasteiger partial charge in [-0.05, 0) is 47.0 Å². The summed E-state index contributed by atoms with van der Waals surface area (Å²) in [5, 5.41) is 13.7. The van der Waals surface area contributed by atoms with E-state index in [0.717, 1.165) is 18.2 Å². The quantitative estimate of drug-likeness (QED) is 0.349. The summed E-state index contributed by atoms with van der Waals surface area (Å²) in [6, 6.07) is 10.3. The second-order valence-electron chi connectivity index (χ2n) is 7.88. The lowest BCUT2D eigenvalue weighted by atomic mass is 9.77. The van der Waals surface area contributed by atoms with Gasteiger partial charge in [0.15, 0.2) is 11.6 Å². The number of benzene rings is 3.